The summed E-state index contributed by atoms with van der Waals surface area (Å²) in [6.07, 6.45) is 2.76. The zero-order valence-corrected chi connectivity index (χ0v) is 13.8. The fourth-order valence-electron chi connectivity index (χ4n) is 2.38. The molecule has 0 aliphatic rings. The van der Waals surface area contributed by atoms with E-state index in [-0.39, 0.29) is 18.1 Å². The zero-order valence-electron chi connectivity index (χ0n) is 13.0. The highest BCUT2D eigenvalue weighted by Crippen LogP contribution is 2.22. The highest BCUT2D eigenvalue weighted by atomic mass is 32.1. The van der Waals surface area contributed by atoms with Gasteiger partial charge >= 0.3 is 0 Å². The van der Waals surface area contributed by atoms with Crippen molar-refractivity contribution in [2.45, 2.75) is 6.10 Å². The maximum Gasteiger partial charge on any atom is 0.269 e. The van der Waals surface area contributed by atoms with Crippen LogP contribution in [0, 0.1) is 10.1 Å². The minimum absolute atomic E-state index is 0.0136. The van der Waals surface area contributed by atoms with Crippen LogP contribution in [0.4, 0.5) is 5.69 Å². The monoisotopic (exact) mass is 357 g/mol. The number of aliphatic hydroxyl groups excluding tert-OH is 1. The summed E-state index contributed by atoms with van der Waals surface area (Å²) in [4.78, 5) is 23.1. The molecule has 0 saturated heterocycles. The van der Waals surface area contributed by atoms with Gasteiger partial charge in [-0.25, -0.2) is 0 Å². The number of nitrogens with one attached hydrogen (secondary N) is 1. The van der Waals surface area contributed by atoms with Crippen LogP contribution in [0.5, 0.6) is 0 Å². The van der Waals surface area contributed by atoms with Crippen LogP contribution < -0.4 is 5.32 Å². The molecule has 2 heterocycles. The van der Waals surface area contributed by atoms with Gasteiger partial charge in [-0.3, -0.25) is 14.9 Å². The van der Waals surface area contributed by atoms with Crippen molar-refractivity contribution in [3.05, 3.63) is 80.8 Å². The number of carbonyl (C=O) groups is 1. The van der Waals surface area contributed by atoms with E-state index < -0.39 is 11.0 Å². The van der Waals surface area contributed by atoms with Crippen molar-refractivity contribution in [2.24, 2.45) is 0 Å². The Labute approximate surface area is 147 Å². The summed E-state index contributed by atoms with van der Waals surface area (Å²) in [6.45, 7) is 0.0136. The molecule has 0 spiro atoms. The molecule has 1 aromatic carbocycles. The summed E-state index contributed by atoms with van der Waals surface area (Å²) in [6, 6.07) is 11.2. The molecule has 0 saturated carbocycles. The van der Waals surface area contributed by atoms with E-state index in [1.807, 2.05) is 40.5 Å². The maximum absolute atomic E-state index is 12.4. The molecule has 1 amide bonds. The Kier molecular flexibility index (Phi) is 4.92. The van der Waals surface area contributed by atoms with Crippen LogP contribution in [0.2, 0.25) is 0 Å². The SMILES string of the molecule is O=C(NCC(O)c1ccc([N+](=O)[O-])cc1)c1sccc1-n1cccc1. The van der Waals surface area contributed by atoms with Gasteiger partial charge in [0.2, 0.25) is 0 Å². The summed E-state index contributed by atoms with van der Waals surface area (Å²) in [5.41, 5.74) is 1.23. The second-order valence-corrected chi connectivity index (χ2v) is 6.22. The molecule has 0 radical (unpaired) electrons. The van der Waals surface area contributed by atoms with E-state index in [9.17, 15) is 20.0 Å². The topological polar surface area (TPSA) is 97.4 Å². The van der Waals surface area contributed by atoms with Crippen molar-refractivity contribution < 1.29 is 14.8 Å². The number of nitro groups is 1. The average molecular weight is 357 g/mol. The molecule has 128 valence electrons. The third kappa shape index (κ3) is 3.76. The van der Waals surface area contributed by atoms with Gasteiger partial charge in [0.1, 0.15) is 4.88 Å². The van der Waals surface area contributed by atoms with E-state index in [0.29, 0.717) is 10.4 Å². The van der Waals surface area contributed by atoms with Crippen molar-refractivity contribution in [3.63, 3.8) is 0 Å². The number of aromatic nitrogens is 1. The fraction of sp³-hybridized carbons (Fsp3) is 0.118. The molecule has 1 atom stereocenters. The molecule has 3 rings (SSSR count). The lowest BCUT2D eigenvalue weighted by molar-refractivity contribution is -0.384. The van der Waals surface area contributed by atoms with Gasteiger partial charge in [-0.2, -0.15) is 0 Å². The summed E-state index contributed by atoms with van der Waals surface area (Å²) >= 11 is 1.32. The van der Waals surface area contributed by atoms with Crippen LogP contribution >= 0.6 is 11.3 Å². The molecule has 0 bridgehead atoms. The molecule has 1 unspecified atom stereocenters. The summed E-state index contributed by atoms with van der Waals surface area (Å²) in [5.74, 6) is -0.278. The predicted octanol–water partition coefficient (Wildman–Crippen LogP) is 2.91. The predicted molar refractivity (Wildman–Crippen MR) is 94.0 cm³/mol. The number of rotatable bonds is 6. The zero-order chi connectivity index (χ0) is 17.8. The minimum Gasteiger partial charge on any atom is -0.387 e. The van der Waals surface area contributed by atoms with Gasteiger partial charge in [0, 0.05) is 31.1 Å². The lowest BCUT2D eigenvalue weighted by atomic mass is 10.1. The molecule has 0 fully saturated rings. The van der Waals surface area contributed by atoms with Crippen LogP contribution in [-0.4, -0.2) is 27.0 Å². The van der Waals surface area contributed by atoms with Gasteiger partial charge in [0.15, 0.2) is 0 Å². The van der Waals surface area contributed by atoms with E-state index in [2.05, 4.69) is 5.32 Å². The van der Waals surface area contributed by atoms with Crippen LogP contribution in [0.1, 0.15) is 21.3 Å². The van der Waals surface area contributed by atoms with E-state index in [1.54, 1.807) is 0 Å². The molecule has 7 nitrogen and oxygen atoms in total. The van der Waals surface area contributed by atoms with E-state index in [4.69, 9.17) is 0 Å². The average Bonchev–Trinajstić information content (AvgIpc) is 3.30. The molecular formula is C17H15N3O4S. The number of non-ortho nitro benzene ring substituents is 1. The first-order valence-electron chi connectivity index (χ1n) is 7.47. The molecule has 25 heavy (non-hydrogen) atoms. The summed E-state index contributed by atoms with van der Waals surface area (Å²) < 4.78 is 1.85. The Hall–Kier alpha value is -2.97. The van der Waals surface area contributed by atoms with Gasteiger partial charge in [-0.15, -0.1) is 11.3 Å². The Morgan fingerprint density at radius 3 is 2.56 bits per heavy atom. The second kappa shape index (κ2) is 7.29. The van der Waals surface area contributed by atoms with Gasteiger partial charge in [0.25, 0.3) is 11.6 Å². The second-order valence-electron chi connectivity index (χ2n) is 5.30. The molecule has 3 aromatic rings. The first-order chi connectivity index (χ1) is 12.1. The number of nitrogens with zero attached hydrogens (tertiary/aromatic N) is 2. The van der Waals surface area contributed by atoms with Crippen LogP contribution in [0.15, 0.2) is 60.2 Å². The molecule has 0 aliphatic heterocycles. The largest absolute Gasteiger partial charge is 0.387 e. The summed E-state index contributed by atoms with van der Waals surface area (Å²) in [5, 5.41) is 25.3. The number of amides is 1. The summed E-state index contributed by atoms with van der Waals surface area (Å²) in [7, 11) is 0. The van der Waals surface area contributed by atoms with Crippen molar-refractivity contribution in [1.82, 2.24) is 9.88 Å². The van der Waals surface area contributed by atoms with Crippen LogP contribution in [-0.2, 0) is 0 Å². The van der Waals surface area contributed by atoms with Crippen molar-refractivity contribution in [1.29, 1.82) is 0 Å². The molecule has 8 heteroatoms. The van der Waals surface area contributed by atoms with Crippen LogP contribution in [0.3, 0.4) is 0 Å². The first-order valence-corrected chi connectivity index (χ1v) is 8.35. The Morgan fingerprint density at radius 2 is 1.92 bits per heavy atom. The van der Waals surface area contributed by atoms with Gasteiger partial charge in [0.05, 0.1) is 16.7 Å². The molecule has 2 aromatic heterocycles. The highest BCUT2D eigenvalue weighted by Gasteiger charge is 2.16. The van der Waals surface area contributed by atoms with E-state index in [0.717, 1.165) is 5.69 Å². The Morgan fingerprint density at radius 1 is 1.24 bits per heavy atom. The number of benzene rings is 1. The van der Waals surface area contributed by atoms with Gasteiger partial charge < -0.3 is 15.0 Å². The van der Waals surface area contributed by atoms with E-state index in [1.165, 1.54) is 35.6 Å². The third-order valence-electron chi connectivity index (χ3n) is 3.68. The number of nitro benzene ring substituents is 1. The normalized spacial score (nSPS) is 11.9. The van der Waals surface area contributed by atoms with Gasteiger partial charge in [-0.1, -0.05) is 0 Å². The minimum atomic E-state index is -0.945. The highest BCUT2D eigenvalue weighted by molar-refractivity contribution is 7.12. The van der Waals surface area contributed by atoms with Gasteiger partial charge in [-0.05, 0) is 41.3 Å². The standard InChI is InChI=1S/C17H15N3O4S/c21-15(12-3-5-13(6-4-12)20(23)24)11-18-17(22)16-14(7-10-25-16)19-8-1-2-9-19/h1-10,15,21H,11H2,(H,18,22). The molecular weight excluding hydrogens is 342 g/mol. The number of hydrogen-bond acceptors (Lipinski definition) is 5. The molecule has 2 N–H and O–H groups in total. The first kappa shape index (κ1) is 16.9. The third-order valence-corrected chi connectivity index (χ3v) is 4.58. The van der Waals surface area contributed by atoms with Crippen LogP contribution in [0.25, 0.3) is 5.69 Å². The number of carbonyl (C=O) groups excluding carboxylic acids is 1. The van der Waals surface area contributed by atoms with E-state index >= 15 is 0 Å². The Balaban J connectivity index is 1.64. The number of aliphatic hydroxyl groups is 1. The van der Waals surface area contributed by atoms with Crippen molar-refractivity contribution in [2.75, 3.05) is 6.54 Å². The maximum atomic E-state index is 12.4. The lowest BCUT2D eigenvalue weighted by Gasteiger charge is -2.12. The molecule has 0 aliphatic carbocycles. The fourth-order valence-corrected chi connectivity index (χ4v) is 3.18. The smallest absolute Gasteiger partial charge is 0.269 e. The number of hydrogen-bond donors (Lipinski definition) is 2. The Bertz CT molecular complexity index is 872. The van der Waals surface area contributed by atoms with Crippen molar-refractivity contribution in [3.8, 4) is 5.69 Å². The quantitative estimate of drug-likeness (QED) is 0.523. The lowest BCUT2D eigenvalue weighted by Crippen LogP contribution is -2.28. The number of thiophene rings is 1. The van der Waals surface area contributed by atoms with Crippen molar-refractivity contribution >= 4 is 22.9 Å².